The van der Waals surface area contributed by atoms with E-state index in [1.54, 1.807) is 0 Å². The molecule has 0 aliphatic heterocycles. The Morgan fingerprint density at radius 1 is 1.40 bits per heavy atom. The first-order valence-corrected chi connectivity index (χ1v) is 6.04. The van der Waals surface area contributed by atoms with Gasteiger partial charge in [0.1, 0.15) is 5.82 Å². The Hall–Kier alpha value is -0.990. The molecule has 1 N–H and O–H groups in total. The summed E-state index contributed by atoms with van der Waals surface area (Å²) < 4.78 is 1.91. The van der Waals surface area contributed by atoms with Gasteiger partial charge in [-0.3, -0.25) is 4.68 Å². The van der Waals surface area contributed by atoms with Crippen LogP contribution in [0, 0.1) is 5.92 Å². The quantitative estimate of drug-likeness (QED) is 0.826. The van der Waals surface area contributed by atoms with Gasteiger partial charge in [0, 0.05) is 19.2 Å². The molecule has 1 aromatic heterocycles. The molecular weight excluding hydrogens is 186 g/mol. The molecular formula is C12H21N3. The zero-order valence-corrected chi connectivity index (χ0v) is 9.74. The van der Waals surface area contributed by atoms with Crippen molar-refractivity contribution in [3.05, 3.63) is 12.3 Å². The third-order valence-electron chi connectivity index (χ3n) is 3.60. The van der Waals surface area contributed by atoms with Gasteiger partial charge in [-0.05, 0) is 31.6 Å². The Labute approximate surface area is 91.9 Å². The summed E-state index contributed by atoms with van der Waals surface area (Å²) in [4.78, 5) is 0. The first-order chi connectivity index (χ1) is 7.29. The van der Waals surface area contributed by atoms with Gasteiger partial charge in [0.05, 0.1) is 6.20 Å². The van der Waals surface area contributed by atoms with Crippen molar-refractivity contribution in [1.29, 1.82) is 0 Å². The number of anilines is 1. The van der Waals surface area contributed by atoms with Crippen molar-refractivity contribution < 1.29 is 0 Å². The number of rotatable bonds is 3. The number of aromatic nitrogens is 2. The third kappa shape index (κ3) is 2.52. The molecule has 1 heterocycles. The molecule has 3 nitrogen and oxygen atoms in total. The Morgan fingerprint density at radius 2 is 2.13 bits per heavy atom. The van der Waals surface area contributed by atoms with Crippen LogP contribution in [0.5, 0.6) is 0 Å². The highest BCUT2D eigenvalue weighted by atomic mass is 15.3. The molecule has 0 amide bonds. The van der Waals surface area contributed by atoms with Gasteiger partial charge in [0.25, 0.3) is 0 Å². The number of aryl methyl sites for hydroxylation is 1. The van der Waals surface area contributed by atoms with Gasteiger partial charge in [-0.2, -0.15) is 5.10 Å². The maximum atomic E-state index is 4.17. The van der Waals surface area contributed by atoms with E-state index in [1.807, 2.05) is 24.0 Å². The van der Waals surface area contributed by atoms with Crippen molar-refractivity contribution in [3.63, 3.8) is 0 Å². The molecule has 0 saturated heterocycles. The maximum Gasteiger partial charge on any atom is 0.124 e. The highest BCUT2D eigenvalue weighted by Gasteiger charge is 2.20. The van der Waals surface area contributed by atoms with Gasteiger partial charge in [0.2, 0.25) is 0 Å². The average Bonchev–Trinajstić information content (AvgIpc) is 2.66. The van der Waals surface area contributed by atoms with Crippen LogP contribution in [-0.2, 0) is 7.05 Å². The van der Waals surface area contributed by atoms with Crippen molar-refractivity contribution in [2.45, 2.75) is 45.1 Å². The first kappa shape index (κ1) is 10.5. The normalized spacial score (nSPS) is 26.5. The summed E-state index contributed by atoms with van der Waals surface area (Å²) in [6.45, 7) is 2.31. The van der Waals surface area contributed by atoms with Crippen molar-refractivity contribution in [2.75, 3.05) is 5.32 Å². The molecule has 1 aliphatic carbocycles. The summed E-state index contributed by atoms with van der Waals surface area (Å²) in [7, 11) is 1.99. The SMILES string of the molecule is CCC1CCC(Nc2ccnn2C)CC1. The van der Waals surface area contributed by atoms with E-state index in [0.717, 1.165) is 11.7 Å². The molecule has 1 saturated carbocycles. The van der Waals surface area contributed by atoms with Crippen LogP contribution in [0.15, 0.2) is 12.3 Å². The third-order valence-corrected chi connectivity index (χ3v) is 3.60. The largest absolute Gasteiger partial charge is 0.368 e. The molecule has 0 unspecified atom stereocenters. The standard InChI is InChI=1S/C12H21N3/c1-3-10-4-6-11(7-5-10)14-12-8-9-13-15(12)2/h8-11,14H,3-7H2,1-2H3. The lowest BCUT2D eigenvalue weighted by Crippen LogP contribution is -2.26. The lowest BCUT2D eigenvalue weighted by molar-refractivity contribution is 0.329. The number of nitrogens with zero attached hydrogens (tertiary/aromatic N) is 2. The molecule has 1 fully saturated rings. The van der Waals surface area contributed by atoms with Crippen molar-refractivity contribution in [2.24, 2.45) is 13.0 Å². The van der Waals surface area contributed by atoms with Crippen LogP contribution in [0.1, 0.15) is 39.0 Å². The fourth-order valence-electron chi connectivity index (χ4n) is 2.44. The molecule has 0 spiro atoms. The van der Waals surface area contributed by atoms with Gasteiger partial charge in [-0.15, -0.1) is 0 Å². The zero-order chi connectivity index (χ0) is 10.7. The summed E-state index contributed by atoms with van der Waals surface area (Å²) in [5, 5.41) is 7.74. The van der Waals surface area contributed by atoms with Crippen LogP contribution < -0.4 is 5.32 Å². The van der Waals surface area contributed by atoms with Crippen molar-refractivity contribution in [1.82, 2.24) is 9.78 Å². The van der Waals surface area contributed by atoms with Crippen LogP contribution in [0.2, 0.25) is 0 Å². The molecule has 0 radical (unpaired) electrons. The average molecular weight is 207 g/mol. The Kier molecular flexibility index (Phi) is 3.29. The van der Waals surface area contributed by atoms with Gasteiger partial charge in [-0.25, -0.2) is 0 Å². The summed E-state index contributed by atoms with van der Waals surface area (Å²) in [5.74, 6) is 2.12. The van der Waals surface area contributed by atoms with Crippen LogP contribution in [0.25, 0.3) is 0 Å². The van der Waals surface area contributed by atoms with E-state index < -0.39 is 0 Å². The van der Waals surface area contributed by atoms with Crippen LogP contribution >= 0.6 is 0 Å². The molecule has 3 heteroatoms. The summed E-state index contributed by atoms with van der Waals surface area (Å²) in [6, 6.07) is 2.70. The minimum atomic E-state index is 0.656. The van der Waals surface area contributed by atoms with E-state index in [9.17, 15) is 0 Å². The highest BCUT2D eigenvalue weighted by Crippen LogP contribution is 2.28. The van der Waals surface area contributed by atoms with Crippen LogP contribution in [-0.4, -0.2) is 15.8 Å². The maximum absolute atomic E-state index is 4.17. The second-order valence-corrected chi connectivity index (χ2v) is 4.61. The molecule has 84 valence electrons. The second kappa shape index (κ2) is 4.69. The minimum absolute atomic E-state index is 0.656. The summed E-state index contributed by atoms with van der Waals surface area (Å²) >= 11 is 0. The molecule has 15 heavy (non-hydrogen) atoms. The second-order valence-electron chi connectivity index (χ2n) is 4.61. The van der Waals surface area contributed by atoms with Gasteiger partial charge in [-0.1, -0.05) is 13.3 Å². The Morgan fingerprint density at radius 3 is 2.67 bits per heavy atom. The zero-order valence-electron chi connectivity index (χ0n) is 9.74. The predicted octanol–water partition coefficient (Wildman–Crippen LogP) is 2.80. The van der Waals surface area contributed by atoms with E-state index in [0.29, 0.717) is 6.04 Å². The molecule has 1 aromatic rings. The van der Waals surface area contributed by atoms with Crippen LogP contribution in [0.4, 0.5) is 5.82 Å². The van der Waals surface area contributed by atoms with Gasteiger partial charge in [0.15, 0.2) is 0 Å². The number of hydrogen-bond acceptors (Lipinski definition) is 2. The highest BCUT2D eigenvalue weighted by molar-refractivity contribution is 5.34. The molecule has 0 bridgehead atoms. The lowest BCUT2D eigenvalue weighted by Gasteiger charge is -2.28. The molecule has 0 aromatic carbocycles. The van der Waals surface area contributed by atoms with Crippen LogP contribution in [0.3, 0.4) is 0 Å². The monoisotopic (exact) mass is 207 g/mol. The van der Waals surface area contributed by atoms with Gasteiger partial charge < -0.3 is 5.32 Å². The topological polar surface area (TPSA) is 29.9 Å². The number of nitrogens with one attached hydrogen (secondary N) is 1. The van der Waals surface area contributed by atoms with Gasteiger partial charge >= 0.3 is 0 Å². The fourth-order valence-corrected chi connectivity index (χ4v) is 2.44. The van der Waals surface area contributed by atoms with Crippen molar-refractivity contribution >= 4 is 5.82 Å². The molecule has 2 rings (SSSR count). The smallest absolute Gasteiger partial charge is 0.124 e. The first-order valence-electron chi connectivity index (χ1n) is 6.04. The molecule has 1 aliphatic rings. The number of hydrogen-bond donors (Lipinski definition) is 1. The fraction of sp³-hybridized carbons (Fsp3) is 0.750. The van der Waals surface area contributed by atoms with Crippen molar-refractivity contribution in [3.8, 4) is 0 Å². The predicted molar refractivity (Wildman–Crippen MR) is 62.9 cm³/mol. The minimum Gasteiger partial charge on any atom is -0.368 e. The Bertz CT molecular complexity index is 298. The van der Waals surface area contributed by atoms with E-state index in [4.69, 9.17) is 0 Å². The van der Waals surface area contributed by atoms with E-state index >= 15 is 0 Å². The van der Waals surface area contributed by atoms with E-state index in [1.165, 1.54) is 32.1 Å². The lowest BCUT2D eigenvalue weighted by atomic mass is 9.84. The van der Waals surface area contributed by atoms with E-state index in [-0.39, 0.29) is 0 Å². The summed E-state index contributed by atoms with van der Waals surface area (Å²) in [5.41, 5.74) is 0. The van der Waals surface area contributed by atoms with E-state index in [2.05, 4.69) is 17.3 Å². The molecule has 0 atom stereocenters. The Balaban J connectivity index is 1.85. The summed E-state index contributed by atoms with van der Waals surface area (Å²) in [6.07, 6.45) is 8.57.